The number of aromatic nitrogens is 2. The fraction of sp³-hybridized carbons (Fsp3) is 0.192. The Balaban J connectivity index is 1.48. The van der Waals surface area contributed by atoms with E-state index in [4.69, 9.17) is 23.2 Å². The van der Waals surface area contributed by atoms with Crippen molar-refractivity contribution < 1.29 is 18.3 Å². The molecule has 9 nitrogen and oxygen atoms in total. The van der Waals surface area contributed by atoms with E-state index in [1.54, 1.807) is 18.2 Å². The maximum absolute atomic E-state index is 13.6. The summed E-state index contributed by atoms with van der Waals surface area (Å²) in [5.41, 5.74) is 2.11. The van der Waals surface area contributed by atoms with Crippen molar-refractivity contribution in [1.29, 1.82) is 0 Å². The Morgan fingerprint density at radius 2 is 1.71 bits per heavy atom. The van der Waals surface area contributed by atoms with Gasteiger partial charge >= 0.3 is 0 Å². The predicted molar refractivity (Wildman–Crippen MR) is 148 cm³/mol. The molecule has 1 aromatic heterocycles. The molecular weight excluding hydrogens is 551 g/mol. The molecule has 4 aromatic rings. The van der Waals surface area contributed by atoms with E-state index in [1.807, 2.05) is 29.2 Å². The average molecular weight is 573 g/mol. The molecule has 2 heterocycles. The predicted octanol–water partition coefficient (Wildman–Crippen LogP) is 3.94. The van der Waals surface area contributed by atoms with Crippen LogP contribution < -0.4 is 15.8 Å². The first-order valence-electron chi connectivity index (χ1n) is 11.6. The molecule has 0 bridgehead atoms. The van der Waals surface area contributed by atoms with Crippen LogP contribution in [0.15, 0.2) is 65.7 Å². The van der Waals surface area contributed by atoms with E-state index in [0.29, 0.717) is 18.6 Å². The number of carbonyl (C=O) groups is 1. The zero-order valence-corrected chi connectivity index (χ0v) is 22.2. The van der Waals surface area contributed by atoms with Crippen molar-refractivity contribution >= 4 is 61.2 Å². The van der Waals surface area contributed by atoms with Crippen molar-refractivity contribution in [3.63, 3.8) is 0 Å². The Kier molecular flexibility index (Phi) is 7.04. The molecule has 0 spiro atoms. The largest absolute Gasteiger partial charge is 0.505 e. The zero-order valence-electron chi connectivity index (χ0n) is 19.9. The lowest BCUT2D eigenvalue weighted by Gasteiger charge is -2.30. The lowest BCUT2D eigenvalue weighted by molar-refractivity contribution is 0.102. The molecule has 1 aliphatic heterocycles. The van der Waals surface area contributed by atoms with Crippen LogP contribution in [0.5, 0.6) is 5.75 Å². The van der Waals surface area contributed by atoms with E-state index in [9.17, 15) is 23.1 Å². The third kappa shape index (κ3) is 5.20. The van der Waals surface area contributed by atoms with Crippen LogP contribution in [0.1, 0.15) is 15.9 Å². The number of benzene rings is 3. The number of sulfone groups is 1. The third-order valence-corrected chi connectivity index (χ3v) is 8.58. The Hall–Kier alpha value is -3.60. The fourth-order valence-corrected chi connectivity index (χ4v) is 6.09. The molecule has 0 aliphatic carbocycles. The monoisotopic (exact) mass is 572 g/mol. The van der Waals surface area contributed by atoms with Gasteiger partial charge in [-0.3, -0.25) is 14.2 Å². The molecule has 0 unspecified atom stereocenters. The molecule has 196 valence electrons. The Labute approximate surface area is 228 Å². The van der Waals surface area contributed by atoms with E-state index in [1.165, 1.54) is 23.0 Å². The van der Waals surface area contributed by atoms with Crippen LogP contribution in [-0.2, 0) is 16.4 Å². The minimum atomic E-state index is -3.04. The highest BCUT2D eigenvalue weighted by Gasteiger charge is 2.23. The summed E-state index contributed by atoms with van der Waals surface area (Å²) in [5, 5.41) is 12.6. The van der Waals surface area contributed by atoms with Gasteiger partial charge in [0.15, 0.2) is 15.6 Å². The molecule has 38 heavy (non-hydrogen) atoms. The molecule has 1 amide bonds. The topological polar surface area (TPSA) is 122 Å². The summed E-state index contributed by atoms with van der Waals surface area (Å²) in [7, 11) is -3.04. The molecule has 0 saturated carbocycles. The van der Waals surface area contributed by atoms with Crippen molar-refractivity contribution in [3.05, 3.63) is 92.5 Å². The number of hydrogen-bond donors (Lipinski definition) is 2. The number of para-hydroxylation sites is 1. The number of amides is 1. The molecular formula is C26H22Cl2N4O5S. The van der Waals surface area contributed by atoms with Gasteiger partial charge in [-0.2, -0.15) is 0 Å². The van der Waals surface area contributed by atoms with Crippen molar-refractivity contribution in [2.45, 2.75) is 6.54 Å². The Morgan fingerprint density at radius 1 is 1.03 bits per heavy atom. The number of aromatic hydroxyl groups is 1. The highest BCUT2D eigenvalue weighted by atomic mass is 35.5. The van der Waals surface area contributed by atoms with Gasteiger partial charge in [-0.15, -0.1) is 0 Å². The van der Waals surface area contributed by atoms with Gasteiger partial charge in [0.05, 0.1) is 51.0 Å². The smallest absolute Gasteiger partial charge is 0.263 e. The highest BCUT2D eigenvalue weighted by Crippen LogP contribution is 2.33. The second-order valence-electron chi connectivity index (χ2n) is 8.89. The molecule has 0 atom stereocenters. The maximum atomic E-state index is 13.6. The standard InChI is InChI=1S/C26H22Cl2N4O5S/c27-18-12-17(13-19(28)24(18)33)25(34)30-21-6-3-5-20-23(21)26(35)32(15-29-20)14-16-4-1-2-7-22(16)31-8-10-38(36,37)11-9-31/h1-7,12-13,15,33H,8-11,14H2,(H,30,34). The maximum Gasteiger partial charge on any atom is 0.263 e. The Morgan fingerprint density at radius 3 is 2.42 bits per heavy atom. The van der Waals surface area contributed by atoms with E-state index in [2.05, 4.69) is 10.3 Å². The van der Waals surface area contributed by atoms with E-state index < -0.39 is 15.7 Å². The second-order valence-corrected chi connectivity index (χ2v) is 12.0. The van der Waals surface area contributed by atoms with Crippen molar-refractivity contribution in [2.75, 3.05) is 34.8 Å². The summed E-state index contributed by atoms with van der Waals surface area (Å²) in [6.45, 7) is 0.962. The number of halogens is 2. The molecule has 3 aromatic carbocycles. The number of rotatable bonds is 5. The molecule has 1 fully saturated rings. The quantitative estimate of drug-likeness (QED) is 0.371. The zero-order chi connectivity index (χ0) is 27.0. The SMILES string of the molecule is O=C(Nc1cccc2ncn(Cc3ccccc3N3CCS(=O)(=O)CC3)c(=O)c12)c1cc(Cl)c(O)c(Cl)c1. The van der Waals surface area contributed by atoms with Crippen LogP contribution in [0.25, 0.3) is 10.9 Å². The van der Waals surface area contributed by atoms with Gasteiger partial charge in [-0.25, -0.2) is 13.4 Å². The number of hydrogen-bond acceptors (Lipinski definition) is 7. The third-order valence-electron chi connectivity index (χ3n) is 6.40. The molecule has 12 heteroatoms. The van der Waals surface area contributed by atoms with Gasteiger partial charge in [-0.1, -0.05) is 47.5 Å². The summed E-state index contributed by atoms with van der Waals surface area (Å²) in [5.74, 6) is -0.728. The van der Waals surface area contributed by atoms with Crippen molar-refractivity contribution in [2.24, 2.45) is 0 Å². The summed E-state index contributed by atoms with van der Waals surface area (Å²) in [6.07, 6.45) is 1.45. The fourth-order valence-electron chi connectivity index (χ4n) is 4.40. The number of fused-ring (bicyclic) bond motifs is 1. The van der Waals surface area contributed by atoms with Crippen LogP contribution >= 0.6 is 23.2 Å². The first-order chi connectivity index (χ1) is 18.1. The second kappa shape index (κ2) is 10.3. The van der Waals surface area contributed by atoms with Crippen LogP contribution in [0.4, 0.5) is 11.4 Å². The Bertz CT molecular complexity index is 1700. The van der Waals surface area contributed by atoms with E-state index in [-0.39, 0.29) is 56.0 Å². The van der Waals surface area contributed by atoms with Crippen LogP contribution in [-0.4, -0.2) is 53.6 Å². The van der Waals surface area contributed by atoms with Gasteiger partial charge in [0.1, 0.15) is 0 Å². The van der Waals surface area contributed by atoms with E-state index >= 15 is 0 Å². The summed E-state index contributed by atoms with van der Waals surface area (Å²) < 4.78 is 25.2. The number of phenols is 1. The first-order valence-corrected chi connectivity index (χ1v) is 14.2. The van der Waals surface area contributed by atoms with Gasteiger partial charge in [-0.05, 0) is 35.9 Å². The van der Waals surface area contributed by atoms with Crippen molar-refractivity contribution in [3.8, 4) is 5.75 Å². The number of nitrogens with zero attached hydrogens (tertiary/aromatic N) is 3. The number of carbonyl (C=O) groups excluding carboxylic acids is 1. The van der Waals surface area contributed by atoms with Crippen LogP contribution in [0.2, 0.25) is 10.0 Å². The molecule has 0 radical (unpaired) electrons. The van der Waals surface area contributed by atoms with Crippen molar-refractivity contribution in [1.82, 2.24) is 9.55 Å². The lowest BCUT2D eigenvalue weighted by Crippen LogP contribution is -2.40. The summed E-state index contributed by atoms with van der Waals surface area (Å²) in [6, 6.07) is 15.0. The minimum Gasteiger partial charge on any atom is -0.505 e. The number of anilines is 2. The number of phenolic OH excluding ortho intramolecular Hbond substituents is 1. The first kappa shape index (κ1) is 26.0. The van der Waals surface area contributed by atoms with E-state index in [0.717, 1.165) is 11.3 Å². The number of nitrogens with one attached hydrogen (secondary N) is 1. The molecule has 2 N–H and O–H groups in total. The van der Waals surface area contributed by atoms with Crippen LogP contribution in [0, 0.1) is 0 Å². The average Bonchev–Trinajstić information content (AvgIpc) is 2.89. The van der Waals surface area contributed by atoms with Gasteiger partial charge < -0.3 is 15.3 Å². The summed E-state index contributed by atoms with van der Waals surface area (Å²) >= 11 is 11.9. The summed E-state index contributed by atoms with van der Waals surface area (Å²) in [4.78, 5) is 33.0. The highest BCUT2D eigenvalue weighted by molar-refractivity contribution is 7.91. The molecule has 1 saturated heterocycles. The minimum absolute atomic E-state index is 0.0745. The van der Waals surface area contributed by atoms with Gasteiger partial charge in [0.25, 0.3) is 11.5 Å². The normalized spacial score (nSPS) is 14.9. The lowest BCUT2D eigenvalue weighted by atomic mass is 10.1. The van der Waals surface area contributed by atoms with Crippen LogP contribution in [0.3, 0.4) is 0 Å². The molecule has 5 rings (SSSR count). The molecule has 1 aliphatic rings. The van der Waals surface area contributed by atoms with Gasteiger partial charge in [0, 0.05) is 24.3 Å². The van der Waals surface area contributed by atoms with Gasteiger partial charge in [0.2, 0.25) is 0 Å².